The van der Waals surface area contributed by atoms with Gasteiger partial charge in [-0.15, -0.1) is 0 Å². The number of nitrogens with two attached hydrogens (primary N) is 3. The number of sulfonamides is 2. The fourth-order valence-corrected chi connectivity index (χ4v) is 6.64. The van der Waals surface area contributed by atoms with E-state index in [1.807, 2.05) is 55.5 Å². The largest absolute Gasteiger partial charge is 0.486 e. The number of nitrogens with one attached hydrogen (secondary N) is 2. The zero-order chi connectivity index (χ0) is 33.6. The van der Waals surface area contributed by atoms with E-state index in [1.165, 1.54) is 6.07 Å². The summed E-state index contributed by atoms with van der Waals surface area (Å²) in [6, 6.07) is 17.3. The van der Waals surface area contributed by atoms with E-state index in [4.69, 9.17) is 55.2 Å². The van der Waals surface area contributed by atoms with Crippen LogP contribution in [0.4, 0.5) is 5.69 Å². The van der Waals surface area contributed by atoms with Crippen LogP contribution in [-0.2, 0) is 37.0 Å². The SMILES string of the molecule is CC(c1ccccc1)C1Nc2cc(Cl)c(S(N)(=O)=O)cc2S(=O)(=O)N1.NC(N)=NCc1ccc2c(c1)OCCO2.O=S(=O)(O)O. The summed E-state index contributed by atoms with van der Waals surface area (Å²) in [4.78, 5) is 3.27. The van der Waals surface area contributed by atoms with Gasteiger partial charge in [0.1, 0.15) is 23.0 Å². The van der Waals surface area contributed by atoms with Crippen molar-refractivity contribution in [2.75, 3.05) is 18.5 Å². The van der Waals surface area contributed by atoms with Crippen molar-refractivity contribution in [3.05, 3.63) is 76.8 Å². The minimum absolute atomic E-state index is 0.0879. The molecule has 2 heterocycles. The number of primary sulfonamides is 1. The average molecular weight is 707 g/mol. The van der Waals surface area contributed by atoms with Crippen LogP contribution in [0.3, 0.4) is 0 Å². The first kappa shape index (κ1) is 35.8. The predicted molar refractivity (Wildman–Crippen MR) is 167 cm³/mol. The van der Waals surface area contributed by atoms with Crippen LogP contribution in [-0.4, -0.2) is 59.7 Å². The highest BCUT2D eigenvalue weighted by Gasteiger charge is 2.34. The normalized spacial score (nSPS) is 17.0. The van der Waals surface area contributed by atoms with E-state index in [9.17, 15) is 16.8 Å². The maximum Gasteiger partial charge on any atom is 0.394 e. The van der Waals surface area contributed by atoms with E-state index >= 15 is 0 Å². The smallest absolute Gasteiger partial charge is 0.394 e. The third-order valence-electron chi connectivity index (χ3n) is 6.10. The highest BCUT2D eigenvalue weighted by molar-refractivity contribution is 7.90. The van der Waals surface area contributed by atoms with Crippen LogP contribution >= 0.6 is 11.6 Å². The molecule has 2 atom stereocenters. The molecule has 10 N–H and O–H groups in total. The molecule has 5 rings (SSSR count). The molecule has 2 unspecified atom stereocenters. The molecule has 2 aliphatic heterocycles. The van der Waals surface area contributed by atoms with E-state index < -0.39 is 41.5 Å². The Balaban J connectivity index is 0.000000233. The number of fused-ring (bicyclic) bond motifs is 2. The van der Waals surface area contributed by atoms with Crippen molar-refractivity contribution < 1.29 is 43.8 Å². The van der Waals surface area contributed by atoms with E-state index in [0.717, 1.165) is 28.7 Å². The zero-order valence-corrected chi connectivity index (χ0v) is 26.7. The Kier molecular flexibility index (Phi) is 11.6. The van der Waals surface area contributed by atoms with Gasteiger partial charge in [-0.05, 0) is 35.4 Å². The van der Waals surface area contributed by atoms with Gasteiger partial charge in [0.2, 0.25) is 20.0 Å². The number of nitrogens with zero attached hydrogens (tertiary/aromatic N) is 1. The maximum atomic E-state index is 12.6. The average Bonchev–Trinajstić information content (AvgIpc) is 2.94. The molecule has 0 aliphatic carbocycles. The molecular weight excluding hydrogens is 676 g/mol. The number of rotatable bonds is 5. The second-order valence-electron chi connectivity index (χ2n) is 9.43. The van der Waals surface area contributed by atoms with E-state index in [-0.39, 0.29) is 27.5 Å². The van der Waals surface area contributed by atoms with Gasteiger partial charge in [0.05, 0.1) is 23.4 Å². The van der Waals surface area contributed by atoms with E-state index in [2.05, 4.69) is 15.0 Å². The van der Waals surface area contributed by atoms with Gasteiger partial charge in [-0.3, -0.25) is 9.11 Å². The second kappa shape index (κ2) is 14.6. The monoisotopic (exact) mass is 706 g/mol. The van der Waals surface area contributed by atoms with Crippen LogP contribution in [0.25, 0.3) is 0 Å². The van der Waals surface area contributed by atoms with Gasteiger partial charge in [-0.1, -0.05) is 54.9 Å². The van der Waals surface area contributed by atoms with Crippen molar-refractivity contribution in [3.8, 4) is 11.5 Å². The molecule has 0 saturated heterocycles. The molecule has 0 amide bonds. The Morgan fingerprint density at radius 1 is 1.02 bits per heavy atom. The number of guanidine groups is 1. The van der Waals surface area contributed by atoms with Crippen LogP contribution in [0.1, 0.15) is 24.0 Å². The molecular formula is C25H31ClN6O10S3. The highest BCUT2D eigenvalue weighted by atomic mass is 35.5. The standard InChI is InChI=1S/C15H16ClN3O4S2.C10H13N3O2.H2O4S/c1-9(10-5-3-2-4-6-10)15-18-12-7-11(16)13(24(17,20)21)8-14(12)25(22,23)19-15;11-10(12)13-6-7-1-2-8-9(5-7)15-4-3-14-8;1-5(2,3)4/h2-9,15,18-19H,1H3,(H2,17,20,21);1-2,5H,3-4,6H2,(H4,11,12,13);(H2,1,2,3,4). The first-order valence-electron chi connectivity index (χ1n) is 12.7. The summed E-state index contributed by atoms with van der Waals surface area (Å²) in [5.41, 5.74) is 12.7. The third-order valence-corrected chi connectivity index (χ3v) is 8.96. The number of aliphatic imine (C=N–C) groups is 1. The number of hydrogen-bond acceptors (Lipinski definition) is 10. The fraction of sp³-hybridized carbons (Fsp3) is 0.240. The first-order chi connectivity index (χ1) is 20.8. The molecule has 20 heteroatoms. The summed E-state index contributed by atoms with van der Waals surface area (Å²) in [6.45, 7) is 3.51. The van der Waals surface area contributed by atoms with E-state index in [0.29, 0.717) is 19.8 Å². The van der Waals surface area contributed by atoms with Crippen molar-refractivity contribution in [1.29, 1.82) is 0 Å². The van der Waals surface area contributed by atoms with Crippen molar-refractivity contribution in [2.45, 2.75) is 35.3 Å². The minimum Gasteiger partial charge on any atom is -0.486 e. The molecule has 0 saturated carbocycles. The molecule has 246 valence electrons. The number of benzene rings is 3. The second-order valence-corrected chi connectivity index (χ2v) is 13.9. The Labute approximate surface area is 265 Å². The Morgan fingerprint density at radius 3 is 2.20 bits per heavy atom. The number of anilines is 1. The van der Waals surface area contributed by atoms with Gasteiger partial charge in [0, 0.05) is 5.92 Å². The van der Waals surface area contributed by atoms with Crippen molar-refractivity contribution in [2.24, 2.45) is 21.6 Å². The summed E-state index contributed by atoms with van der Waals surface area (Å²) in [5, 5.41) is 8.00. The summed E-state index contributed by atoms with van der Waals surface area (Å²) < 4.78 is 93.2. The van der Waals surface area contributed by atoms with Crippen LogP contribution in [0.2, 0.25) is 5.02 Å². The molecule has 3 aromatic carbocycles. The predicted octanol–water partition coefficient (Wildman–Crippen LogP) is 1.40. The van der Waals surface area contributed by atoms with Crippen molar-refractivity contribution in [3.63, 3.8) is 0 Å². The lowest BCUT2D eigenvalue weighted by Crippen LogP contribution is -2.47. The minimum atomic E-state index is -4.67. The number of hydrogen-bond donors (Lipinski definition) is 7. The zero-order valence-electron chi connectivity index (χ0n) is 23.5. The quantitative estimate of drug-likeness (QED) is 0.112. The van der Waals surface area contributed by atoms with Crippen LogP contribution in [0, 0.1) is 0 Å². The van der Waals surface area contributed by atoms with Crippen LogP contribution < -0.4 is 36.1 Å². The molecule has 0 radical (unpaired) electrons. The summed E-state index contributed by atoms with van der Waals surface area (Å²) in [6.07, 6.45) is -0.615. The third kappa shape index (κ3) is 10.7. The van der Waals surface area contributed by atoms with Crippen molar-refractivity contribution >= 4 is 53.7 Å². The van der Waals surface area contributed by atoms with Crippen LogP contribution in [0.5, 0.6) is 11.5 Å². The summed E-state index contributed by atoms with van der Waals surface area (Å²) in [5.74, 6) is 1.44. The Bertz CT molecular complexity index is 1860. The molecule has 3 aromatic rings. The lowest BCUT2D eigenvalue weighted by atomic mass is 9.98. The van der Waals surface area contributed by atoms with Gasteiger partial charge >= 0.3 is 10.4 Å². The first-order valence-corrected chi connectivity index (χ1v) is 17.5. The van der Waals surface area contributed by atoms with Crippen LogP contribution in [0.15, 0.2) is 75.4 Å². The molecule has 0 aromatic heterocycles. The van der Waals surface area contributed by atoms with Gasteiger partial charge in [0.25, 0.3) is 0 Å². The van der Waals surface area contributed by atoms with Gasteiger partial charge in [-0.2, -0.15) is 13.1 Å². The number of halogens is 1. The summed E-state index contributed by atoms with van der Waals surface area (Å²) >= 11 is 5.97. The lowest BCUT2D eigenvalue weighted by Gasteiger charge is -2.32. The fourth-order valence-electron chi connectivity index (χ4n) is 4.06. The molecule has 0 fully saturated rings. The molecule has 2 aliphatic rings. The highest BCUT2D eigenvalue weighted by Crippen LogP contribution is 2.36. The molecule has 0 spiro atoms. The topological polar surface area (TPSA) is 276 Å². The van der Waals surface area contributed by atoms with E-state index in [1.54, 1.807) is 0 Å². The van der Waals surface area contributed by atoms with Gasteiger partial charge in [-0.25, -0.2) is 27.0 Å². The molecule has 16 nitrogen and oxygen atoms in total. The summed E-state index contributed by atoms with van der Waals surface area (Å²) in [7, 11) is -12.7. The maximum absolute atomic E-state index is 12.6. The molecule has 45 heavy (non-hydrogen) atoms. The Hall–Kier alpha value is -3.69. The Morgan fingerprint density at radius 2 is 1.62 bits per heavy atom. The molecule has 0 bridgehead atoms. The van der Waals surface area contributed by atoms with Crippen molar-refractivity contribution in [1.82, 2.24) is 4.72 Å². The van der Waals surface area contributed by atoms with Gasteiger partial charge in [0.15, 0.2) is 17.5 Å². The van der Waals surface area contributed by atoms with Gasteiger partial charge < -0.3 is 26.3 Å². The lowest BCUT2D eigenvalue weighted by molar-refractivity contribution is 0.171. The number of ether oxygens (including phenoxy) is 2.